The molecule has 1 aliphatic rings. The maximum Gasteiger partial charge on any atom is 0.317 e. The van der Waals surface area contributed by atoms with Gasteiger partial charge in [-0.25, -0.2) is 0 Å². The van der Waals surface area contributed by atoms with Crippen molar-refractivity contribution in [3.05, 3.63) is 17.0 Å². The number of carboxylic acid groups (broad SMARTS) is 1. The Bertz CT molecular complexity index is 512. The number of hydrogen-bond donors (Lipinski definition) is 1. The van der Waals surface area contributed by atoms with Crippen LogP contribution in [0.5, 0.6) is 0 Å². The lowest BCUT2D eigenvalue weighted by Gasteiger charge is -2.28. The summed E-state index contributed by atoms with van der Waals surface area (Å²) in [6.45, 7) is 10.1. The first-order chi connectivity index (χ1) is 9.90. The van der Waals surface area contributed by atoms with E-state index in [1.54, 1.807) is 0 Å². The quantitative estimate of drug-likeness (QED) is 0.904. The molecule has 1 unspecified atom stereocenters. The fourth-order valence-corrected chi connectivity index (χ4v) is 3.30. The van der Waals surface area contributed by atoms with Gasteiger partial charge in [0.25, 0.3) is 0 Å². The van der Waals surface area contributed by atoms with Gasteiger partial charge in [0.05, 0.1) is 12.2 Å². The van der Waals surface area contributed by atoms with Crippen molar-refractivity contribution < 1.29 is 9.90 Å². The van der Waals surface area contributed by atoms with E-state index in [4.69, 9.17) is 5.11 Å². The van der Waals surface area contributed by atoms with Crippen LogP contribution in [-0.4, -0.2) is 63.4 Å². The third-order valence-electron chi connectivity index (χ3n) is 4.51. The van der Waals surface area contributed by atoms with E-state index in [1.165, 1.54) is 11.3 Å². The van der Waals surface area contributed by atoms with Gasteiger partial charge in [0.15, 0.2) is 0 Å². The molecule has 1 aromatic heterocycles. The Labute approximate surface area is 126 Å². The molecule has 2 heterocycles. The monoisotopic (exact) mass is 294 g/mol. The molecule has 1 atom stereocenters. The zero-order chi connectivity index (χ0) is 15.6. The molecule has 0 aromatic carbocycles. The lowest BCUT2D eigenvalue weighted by Crippen LogP contribution is -2.35. The van der Waals surface area contributed by atoms with Gasteiger partial charge in [-0.05, 0) is 27.2 Å². The van der Waals surface area contributed by atoms with Crippen LogP contribution in [-0.2, 0) is 11.8 Å². The second kappa shape index (κ2) is 6.58. The zero-order valence-electron chi connectivity index (χ0n) is 13.5. The molecule has 21 heavy (non-hydrogen) atoms. The predicted octanol–water partition coefficient (Wildman–Crippen LogP) is 1.19. The molecule has 0 amide bonds. The van der Waals surface area contributed by atoms with Crippen molar-refractivity contribution in [2.45, 2.75) is 33.2 Å². The van der Waals surface area contributed by atoms with Crippen molar-refractivity contribution in [1.82, 2.24) is 19.6 Å². The Morgan fingerprint density at radius 1 is 1.29 bits per heavy atom. The van der Waals surface area contributed by atoms with Gasteiger partial charge in [-0.1, -0.05) is 0 Å². The first-order valence-corrected chi connectivity index (χ1v) is 7.58. The highest BCUT2D eigenvalue weighted by molar-refractivity contribution is 5.69. The number of nitrogens with zero attached hydrogens (tertiary/aromatic N) is 4. The van der Waals surface area contributed by atoms with Gasteiger partial charge in [0, 0.05) is 50.5 Å². The summed E-state index contributed by atoms with van der Waals surface area (Å²) >= 11 is 0. The van der Waals surface area contributed by atoms with Crippen LogP contribution in [0.15, 0.2) is 0 Å². The average molecular weight is 294 g/mol. The summed E-state index contributed by atoms with van der Waals surface area (Å²) in [6, 6.07) is 0.323. The van der Waals surface area contributed by atoms with E-state index in [1.807, 2.05) is 16.6 Å². The van der Waals surface area contributed by atoms with Crippen molar-refractivity contribution in [1.29, 1.82) is 0 Å². The normalized spacial score (nSPS) is 19.4. The smallest absolute Gasteiger partial charge is 0.317 e. The van der Waals surface area contributed by atoms with E-state index >= 15 is 0 Å². The largest absolute Gasteiger partial charge is 0.480 e. The zero-order valence-corrected chi connectivity index (χ0v) is 13.5. The van der Waals surface area contributed by atoms with Crippen LogP contribution in [0.25, 0.3) is 0 Å². The molecule has 6 heteroatoms. The number of rotatable bonds is 4. The third kappa shape index (κ3) is 3.63. The maximum absolute atomic E-state index is 10.8. The molecule has 1 saturated heterocycles. The Kier molecular flexibility index (Phi) is 5.00. The molecular formula is C15H26N4O2. The summed E-state index contributed by atoms with van der Waals surface area (Å²) < 4.78 is 1.94. The molecular weight excluding hydrogens is 268 g/mol. The van der Waals surface area contributed by atoms with Crippen LogP contribution in [0.2, 0.25) is 0 Å². The predicted molar refractivity (Wildman–Crippen MR) is 81.4 cm³/mol. The van der Waals surface area contributed by atoms with E-state index in [2.05, 4.69) is 30.8 Å². The van der Waals surface area contributed by atoms with E-state index in [0.29, 0.717) is 6.04 Å². The lowest BCUT2D eigenvalue weighted by molar-refractivity contribution is -0.138. The fraction of sp³-hybridized carbons (Fsp3) is 0.733. The van der Waals surface area contributed by atoms with Crippen LogP contribution in [0, 0.1) is 13.8 Å². The van der Waals surface area contributed by atoms with Gasteiger partial charge in [-0.2, -0.15) is 5.10 Å². The molecule has 0 saturated carbocycles. The molecule has 0 spiro atoms. The number of carbonyl (C=O) groups is 1. The average Bonchev–Trinajstić information content (AvgIpc) is 2.57. The summed E-state index contributed by atoms with van der Waals surface area (Å²) in [5.74, 6) is -0.740. The van der Waals surface area contributed by atoms with Crippen LogP contribution >= 0.6 is 0 Å². The van der Waals surface area contributed by atoms with Gasteiger partial charge in [0.1, 0.15) is 0 Å². The third-order valence-corrected chi connectivity index (χ3v) is 4.51. The molecule has 118 valence electrons. The Balaban J connectivity index is 2.06. The van der Waals surface area contributed by atoms with Gasteiger partial charge < -0.3 is 5.11 Å². The molecule has 1 aromatic rings. The summed E-state index contributed by atoms with van der Waals surface area (Å²) in [6.07, 6.45) is 1.01. The first-order valence-electron chi connectivity index (χ1n) is 7.58. The standard InChI is InChI=1S/C15H26N4O2/c1-11-15(12(2)17(4)16-11)13(3)19-7-5-6-18(8-9-19)10-14(20)21/h13H,5-10H2,1-4H3,(H,20,21). The second-order valence-corrected chi connectivity index (χ2v) is 5.94. The lowest BCUT2D eigenvalue weighted by atomic mass is 10.0. The topological polar surface area (TPSA) is 61.6 Å². The summed E-state index contributed by atoms with van der Waals surface area (Å²) in [7, 11) is 1.98. The molecule has 2 rings (SSSR count). The molecule has 0 radical (unpaired) electrons. The molecule has 6 nitrogen and oxygen atoms in total. The fourth-order valence-electron chi connectivity index (χ4n) is 3.30. The van der Waals surface area contributed by atoms with Gasteiger partial charge >= 0.3 is 5.97 Å². The number of aryl methyl sites for hydroxylation is 2. The van der Waals surface area contributed by atoms with Crippen molar-refractivity contribution in [2.75, 3.05) is 32.7 Å². The summed E-state index contributed by atoms with van der Waals surface area (Å²) in [5.41, 5.74) is 3.62. The van der Waals surface area contributed by atoms with Crippen molar-refractivity contribution in [3.8, 4) is 0 Å². The summed E-state index contributed by atoms with van der Waals surface area (Å²) in [4.78, 5) is 15.3. The molecule has 1 fully saturated rings. The van der Waals surface area contributed by atoms with Gasteiger partial charge in [-0.3, -0.25) is 19.3 Å². The SMILES string of the molecule is Cc1nn(C)c(C)c1C(C)N1CCCN(CC(=O)O)CC1. The van der Waals surface area contributed by atoms with Crippen LogP contribution in [0.1, 0.15) is 36.3 Å². The minimum atomic E-state index is -0.740. The Morgan fingerprint density at radius 3 is 2.57 bits per heavy atom. The highest BCUT2D eigenvalue weighted by Gasteiger charge is 2.25. The first kappa shape index (κ1) is 16.0. The minimum absolute atomic E-state index is 0.146. The number of aliphatic carboxylic acids is 1. The molecule has 0 bridgehead atoms. The van der Waals surface area contributed by atoms with E-state index in [0.717, 1.165) is 38.3 Å². The van der Waals surface area contributed by atoms with Crippen molar-refractivity contribution in [3.63, 3.8) is 0 Å². The van der Waals surface area contributed by atoms with E-state index in [-0.39, 0.29) is 6.54 Å². The van der Waals surface area contributed by atoms with Crippen LogP contribution in [0.4, 0.5) is 0 Å². The minimum Gasteiger partial charge on any atom is -0.480 e. The molecule has 1 N–H and O–H groups in total. The Morgan fingerprint density at radius 2 is 2.00 bits per heavy atom. The van der Waals surface area contributed by atoms with Gasteiger partial charge in [0.2, 0.25) is 0 Å². The van der Waals surface area contributed by atoms with Crippen molar-refractivity contribution >= 4 is 5.97 Å². The van der Waals surface area contributed by atoms with Gasteiger partial charge in [-0.15, -0.1) is 0 Å². The maximum atomic E-state index is 10.8. The number of aromatic nitrogens is 2. The second-order valence-electron chi connectivity index (χ2n) is 5.94. The van der Waals surface area contributed by atoms with Crippen LogP contribution < -0.4 is 0 Å². The highest BCUT2D eigenvalue weighted by Crippen LogP contribution is 2.27. The van der Waals surface area contributed by atoms with Crippen LogP contribution in [0.3, 0.4) is 0 Å². The number of hydrogen-bond acceptors (Lipinski definition) is 4. The van der Waals surface area contributed by atoms with E-state index < -0.39 is 5.97 Å². The highest BCUT2D eigenvalue weighted by atomic mass is 16.4. The van der Waals surface area contributed by atoms with Crippen molar-refractivity contribution in [2.24, 2.45) is 7.05 Å². The summed E-state index contributed by atoms with van der Waals surface area (Å²) in [5, 5.41) is 13.4. The van der Waals surface area contributed by atoms with E-state index in [9.17, 15) is 4.79 Å². The Hall–Kier alpha value is -1.40. The number of carboxylic acids is 1. The molecule has 0 aliphatic carbocycles. The molecule has 1 aliphatic heterocycles.